The van der Waals surface area contributed by atoms with Crippen molar-refractivity contribution in [1.29, 1.82) is 0 Å². The van der Waals surface area contributed by atoms with Gasteiger partial charge in [0.2, 0.25) is 5.91 Å². The van der Waals surface area contributed by atoms with Crippen LogP contribution in [0.5, 0.6) is 0 Å². The molecule has 3 nitrogen and oxygen atoms in total. The summed E-state index contributed by atoms with van der Waals surface area (Å²) < 4.78 is 0.899. The molecular formula is C10H10BrClN2O. The molecule has 1 fully saturated rings. The van der Waals surface area contributed by atoms with Gasteiger partial charge in [0.1, 0.15) is 0 Å². The maximum absolute atomic E-state index is 11.6. The normalized spacial score (nSPS) is 15.9. The Kier molecular flexibility index (Phi) is 3.29. The molecule has 2 N–H and O–H groups in total. The van der Waals surface area contributed by atoms with Crippen molar-refractivity contribution in [2.24, 2.45) is 5.92 Å². The van der Waals surface area contributed by atoms with E-state index >= 15 is 0 Å². The number of hydrogen-bond donors (Lipinski definition) is 2. The zero-order valence-electron chi connectivity index (χ0n) is 7.89. The third-order valence-corrected chi connectivity index (χ3v) is 3.15. The highest BCUT2D eigenvalue weighted by molar-refractivity contribution is 9.10. The fraction of sp³-hybridized carbons (Fsp3) is 0.300. The smallest absolute Gasteiger partial charge is 0.230 e. The molecule has 2 rings (SSSR count). The van der Waals surface area contributed by atoms with Gasteiger partial charge in [-0.25, -0.2) is 0 Å². The zero-order valence-corrected chi connectivity index (χ0v) is 10.2. The minimum atomic E-state index is 0.0259. The monoisotopic (exact) mass is 288 g/mol. The van der Waals surface area contributed by atoms with Gasteiger partial charge in [-0.2, -0.15) is 0 Å². The summed E-state index contributed by atoms with van der Waals surface area (Å²) in [5.74, 6) is 0.0997. The van der Waals surface area contributed by atoms with Crippen LogP contribution in [0.2, 0.25) is 5.02 Å². The second-order valence-electron chi connectivity index (χ2n) is 3.47. The van der Waals surface area contributed by atoms with Crippen LogP contribution in [0.25, 0.3) is 0 Å². The van der Waals surface area contributed by atoms with E-state index in [1.165, 1.54) is 0 Å². The van der Waals surface area contributed by atoms with Crippen molar-refractivity contribution in [3.8, 4) is 0 Å². The summed E-state index contributed by atoms with van der Waals surface area (Å²) in [5, 5.41) is 6.40. The standard InChI is InChI=1S/C10H10BrClN2O/c11-7-1-2-9(8(12)3-7)14-10(15)6-4-13-5-6/h1-3,6,13H,4-5H2,(H,14,15). The van der Waals surface area contributed by atoms with Crippen molar-refractivity contribution in [3.63, 3.8) is 0 Å². The highest BCUT2D eigenvalue weighted by Crippen LogP contribution is 2.26. The van der Waals surface area contributed by atoms with Gasteiger partial charge in [-0.3, -0.25) is 4.79 Å². The molecule has 1 aromatic rings. The number of nitrogens with one attached hydrogen (secondary N) is 2. The molecule has 0 bridgehead atoms. The van der Waals surface area contributed by atoms with Crippen molar-refractivity contribution in [2.75, 3.05) is 18.4 Å². The number of carbonyl (C=O) groups excluding carboxylic acids is 1. The molecule has 80 valence electrons. The van der Waals surface area contributed by atoms with Crippen LogP contribution >= 0.6 is 27.5 Å². The highest BCUT2D eigenvalue weighted by Gasteiger charge is 2.25. The molecule has 1 aromatic carbocycles. The molecule has 0 saturated carbocycles. The van der Waals surface area contributed by atoms with Gasteiger partial charge in [0.05, 0.1) is 16.6 Å². The average molecular weight is 290 g/mol. The van der Waals surface area contributed by atoms with E-state index in [-0.39, 0.29) is 11.8 Å². The molecule has 1 aliphatic heterocycles. The SMILES string of the molecule is O=C(Nc1ccc(Br)cc1Cl)C1CNC1. The van der Waals surface area contributed by atoms with Gasteiger partial charge in [-0.15, -0.1) is 0 Å². The number of benzene rings is 1. The first-order valence-corrected chi connectivity index (χ1v) is 5.80. The first kappa shape index (κ1) is 10.9. The topological polar surface area (TPSA) is 41.1 Å². The van der Waals surface area contributed by atoms with E-state index in [9.17, 15) is 4.79 Å². The first-order chi connectivity index (χ1) is 7.16. The van der Waals surface area contributed by atoms with Gasteiger partial charge < -0.3 is 10.6 Å². The van der Waals surface area contributed by atoms with E-state index in [0.29, 0.717) is 10.7 Å². The molecule has 1 heterocycles. The lowest BCUT2D eigenvalue weighted by Gasteiger charge is -2.25. The summed E-state index contributed by atoms with van der Waals surface area (Å²) in [4.78, 5) is 11.6. The second-order valence-corrected chi connectivity index (χ2v) is 4.79. The maximum Gasteiger partial charge on any atom is 0.230 e. The average Bonchev–Trinajstić information content (AvgIpc) is 2.07. The lowest BCUT2D eigenvalue weighted by Crippen LogP contribution is -2.48. The van der Waals surface area contributed by atoms with Crippen molar-refractivity contribution in [2.45, 2.75) is 0 Å². The quantitative estimate of drug-likeness (QED) is 0.877. The van der Waals surface area contributed by atoms with Crippen LogP contribution in [0.3, 0.4) is 0 Å². The van der Waals surface area contributed by atoms with Crippen molar-refractivity contribution in [3.05, 3.63) is 27.7 Å². The molecule has 0 radical (unpaired) electrons. The summed E-state index contributed by atoms with van der Waals surface area (Å²) in [6, 6.07) is 5.40. The summed E-state index contributed by atoms with van der Waals surface area (Å²) in [5.41, 5.74) is 0.664. The Hall–Kier alpha value is -0.580. The number of carbonyl (C=O) groups is 1. The minimum absolute atomic E-state index is 0.0259. The van der Waals surface area contributed by atoms with Crippen LogP contribution in [-0.4, -0.2) is 19.0 Å². The van der Waals surface area contributed by atoms with E-state index in [1.807, 2.05) is 6.07 Å². The first-order valence-electron chi connectivity index (χ1n) is 4.63. The van der Waals surface area contributed by atoms with Crippen molar-refractivity contribution in [1.82, 2.24) is 5.32 Å². The van der Waals surface area contributed by atoms with Gasteiger partial charge in [0.15, 0.2) is 0 Å². The Morgan fingerprint density at radius 3 is 2.80 bits per heavy atom. The van der Waals surface area contributed by atoms with E-state index in [1.54, 1.807) is 12.1 Å². The Balaban J connectivity index is 2.06. The molecular weight excluding hydrogens is 279 g/mol. The molecule has 0 spiro atoms. The van der Waals surface area contributed by atoms with Crippen LogP contribution in [0.1, 0.15) is 0 Å². The molecule has 15 heavy (non-hydrogen) atoms. The summed E-state index contributed by atoms with van der Waals surface area (Å²) >= 11 is 9.29. The number of anilines is 1. The predicted octanol–water partition coefficient (Wildman–Crippen LogP) is 2.26. The third kappa shape index (κ3) is 2.51. The van der Waals surface area contributed by atoms with Crippen LogP contribution in [0.4, 0.5) is 5.69 Å². The molecule has 0 unspecified atom stereocenters. The molecule has 0 atom stereocenters. The summed E-state index contributed by atoms with van der Waals surface area (Å²) in [7, 11) is 0. The molecule has 1 saturated heterocycles. The predicted molar refractivity (Wildman–Crippen MR) is 64.1 cm³/mol. The van der Waals surface area contributed by atoms with Crippen LogP contribution in [0.15, 0.2) is 22.7 Å². The lowest BCUT2D eigenvalue weighted by molar-refractivity contribution is -0.121. The third-order valence-electron chi connectivity index (χ3n) is 2.34. The lowest BCUT2D eigenvalue weighted by atomic mass is 10.0. The van der Waals surface area contributed by atoms with E-state index in [0.717, 1.165) is 17.6 Å². The number of rotatable bonds is 2. The van der Waals surface area contributed by atoms with E-state index in [2.05, 4.69) is 26.6 Å². The molecule has 5 heteroatoms. The number of halogens is 2. The Morgan fingerprint density at radius 2 is 2.27 bits per heavy atom. The fourth-order valence-corrected chi connectivity index (χ4v) is 2.02. The minimum Gasteiger partial charge on any atom is -0.324 e. The number of hydrogen-bond acceptors (Lipinski definition) is 2. The highest BCUT2D eigenvalue weighted by atomic mass is 79.9. The van der Waals surface area contributed by atoms with Crippen LogP contribution in [0, 0.1) is 5.92 Å². The summed E-state index contributed by atoms with van der Waals surface area (Å²) in [6.07, 6.45) is 0. The fourth-order valence-electron chi connectivity index (χ4n) is 1.30. The van der Waals surface area contributed by atoms with E-state index < -0.39 is 0 Å². The largest absolute Gasteiger partial charge is 0.324 e. The van der Waals surface area contributed by atoms with Gasteiger partial charge in [0.25, 0.3) is 0 Å². The van der Waals surface area contributed by atoms with Gasteiger partial charge >= 0.3 is 0 Å². The second kappa shape index (κ2) is 4.51. The molecule has 1 aliphatic rings. The zero-order chi connectivity index (χ0) is 10.8. The van der Waals surface area contributed by atoms with Crippen LogP contribution < -0.4 is 10.6 Å². The molecule has 0 aliphatic carbocycles. The van der Waals surface area contributed by atoms with Gasteiger partial charge in [-0.05, 0) is 18.2 Å². The Morgan fingerprint density at radius 1 is 1.53 bits per heavy atom. The van der Waals surface area contributed by atoms with Crippen molar-refractivity contribution >= 4 is 39.1 Å². The maximum atomic E-state index is 11.6. The van der Waals surface area contributed by atoms with Crippen molar-refractivity contribution < 1.29 is 4.79 Å². The Labute approximate surface area is 101 Å². The summed E-state index contributed by atoms with van der Waals surface area (Å²) in [6.45, 7) is 1.50. The molecule has 1 amide bonds. The van der Waals surface area contributed by atoms with E-state index in [4.69, 9.17) is 11.6 Å². The van der Waals surface area contributed by atoms with Gasteiger partial charge in [-0.1, -0.05) is 27.5 Å². The number of amides is 1. The molecule has 0 aromatic heterocycles. The van der Waals surface area contributed by atoms with Gasteiger partial charge in [0, 0.05) is 17.6 Å². The Bertz CT molecular complexity index is 393. The van der Waals surface area contributed by atoms with Crippen LogP contribution in [-0.2, 0) is 4.79 Å².